The van der Waals surface area contributed by atoms with Gasteiger partial charge in [-0.1, -0.05) is 22.0 Å². The van der Waals surface area contributed by atoms with Crippen LogP contribution in [-0.4, -0.2) is 8.42 Å². The summed E-state index contributed by atoms with van der Waals surface area (Å²) in [7, 11) is -3.49. The van der Waals surface area contributed by atoms with Gasteiger partial charge in [-0.2, -0.15) is 0 Å². The summed E-state index contributed by atoms with van der Waals surface area (Å²) in [6.07, 6.45) is 0. The Balaban J connectivity index is 2.21. The molecule has 6 heteroatoms. The molecule has 0 radical (unpaired) electrons. The Morgan fingerprint density at radius 2 is 1.85 bits per heavy atom. The van der Waals surface area contributed by atoms with Gasteiger partial charge < -0.3 is 0 Å². The van der Waals surface area contributed by atoms with Crippen LogP contribution in [0.15, 0.2) is 33.6 Å². The van der Waals surface area contributed by atoms with E-state index < -0.39 is 10.0 Å². The van der Waals surface area contributed by atoms with Crippen molar-refractivity contribution in [1.29, 1.82) is 0 Å². The normalized spacial score (nSPS) is 11.8. The summed E-state index contributed by atoms with van der Waals surface area (Å²) in [6, 6.07) is 7.28. The molecule has 0 unspecified atom stereocenters. The van der Waals surface area contributed by atoms with Crippen LogP contribution in [-0.2, 0) is 16.6 Å². The van der Waals surface area contributed by atoms with E-state index in [-0.39, 0.29) is 0 Å². The lowest BCUT2D eigenvalue weighted by Crippen LogP contribution is -2.23. The SMILES string of the molecule is Cc1ccc(Br)cc1S(=O)(=O)NCc1cc(C)c(C)s1. The van der Waals surface area contributed by atoms with Crippen LogP contribution in [0.2, 0.25) is 0 Å². The van der Waals surface area contributed by atoms with Crippen LogP contribution in [0, 0.1) is 20.8 Å². The van der Waals surface area contributed by atoms with E-state index in [4.69, 9.17) is 0 Å². The lowest BCUT2D eigenvalue weighted by molar-refractivity contribution is 0.581. The van der Waals surface area contributed by atoms with Gasteiger partial charge in [0.2, 0.25) is 10.0 Å². The second kappa shape index (κ2) is 5.97. The highest BCUT2D eigenvalue weighted by atomic mass is 79.9. The number of hydrogen-bond donors (Lipinski definition) is 1. The molecule has 3 nitrogen and oxygen atoms in total. The van der Waals surface area contributed by atoms with Gasteiger partial charge in [0.1, 0.15) is 0 Å². The fourth-order valence-electron chi connectivity index (χ4n) is 1.84. The third-order valence-electron chi connectivity index (χ3n) is 3.09. The Bertz CT molecular complexity index is 716. The Kier molecular flexibility index (Phi) is 4.69. The number of thiophene rings is 1. The Labute approximate surface area is 132 Å². The average molecular weight is 374 g/mol. The number of benzene rings is 1. The molecule has 2 rings (SSSR count). The molecule has 0 saturated heterocycles. The van der Waals surface area contributed by atoms with Crippen molar-refractivity contribution in [3.63, 3.8) is 0 Å². The molecule has 0 atom stereocenters. The zero-order chi connectivity index (χ0) is 14.9. The highest BCUT2D eigenvalue weighted by Gasteiger charge is 2.17. The van der Waals surface area contributed by atoms with Crippen molar-refractivity contribution in [2.75, 3.05) is 0 Å². The van der Waals surface area contributed by atoms with Crippen molar-refractivity contribution in [3.8, 4) is 0 Å². The molecule has 0 aliphatic carbocycles. The first-order valence-electron chi connectivity index (χ1n) is 6.11. The van der Waals surface area contributed by atoms with Crippen molar-refractivity contribution >= 4 is 37.3 Å². The molecule has 2 aromatic rings. The van der Waals surface area contributed by atoms with E-state index in [0.717, 1.165) is 14.9 Å². The summed E-state index contributed by atoms with van der Waals surface area (Å²) in [4.78, 5) is 2.56. The van der Waals surface area contributed by atoms with Gasteiger partial charge in [-0.05, 0) is 50.1 Å². The smallest absolute Gasteiger partial charge is 0.207 e. The van der Waals surface area contributed by atoms with Gasteiger partial charge in [-0.15, -0.1) is 11.3 Å². The molecule has 0 fully saturated rings. The second-order valence-corrected chi connectivity index (χ2v) is 8.68. The van der Waals surface area contributed by atoms with Gasteiger partial charge in [0.05, 0.1) is 4.90 Å². The Morgan fingerprint density at radius 1 is 1.15 bits per heavy atom. The third kappa shape index (κ3) is 3.49. The summed E-state index contributed by atoms with van der Waals surface area (Å²) < 4.78 is 28.1. The number of nitrogens with one attached hydrogen (secondary N) is 1. The van der Waals surface area contributed by atoms with Crippen LogP contribution in [0.25, 0.3) is 0 Å². The number of halogens is 1. The van der Waals surface area contributed by atoms with E-state index in [1.54, 1.807) is 30.4 Å². The average Bonchev–Trinajstić information content (AvgIpc) is 2.69. The number of hydrogen-bond acceptors (Lipinski definition) is 3. The molecule has 108 valence electrons. The molecule has 0 saturated carbocycles. The first-order chi connectivity index (χ1) is 9.29. The maximum atomic E-state index is 12.3. The number of aryl methyl sites for hydroxylation is 3. The van der Waals surface area contributed by atoms with E-state index in [2.05, 4.69) is 20.7 Å². The zero-order valence-electron chi connectivity index (χ0n) is 11.5. The van der Waals surface area contributed by atoms with Gasteiger partial charge >= 0.3 is 0 Å². The molecule has 0 aliphatic rings. The molecule has 0 aliphatic heterocycles. The fourth-order valence-corrected chi connectivity index (χ4v) is 4.72. The van der Waals surface area contributed by atoms with Crippen molar-refractivity contribution < 1.29 is 8.42 Å². The van der Waals surface area contributed by atoms with Crippen LogP contribution in [0.3, 0.4) is 0 Å². The highest BCUT2D eigenvalue weighted by Crippen LogP contribution is 2.23. The topological polar surface area (TPSA) is 46.2 Å². The minimum absolute atomic E-state index is 0.317. The monoisotopic (exact) mass is 373 g/mol. The minimum atomic E-state index is -3.49. The molecule has 1 aromatic heterocycles. The van der Waals surface area contributed by atoms with Crippen LogP contribution < -0.4 is 4.72 Å². The Hall–Kier alpha value is -0.690. The van der Waals surface area contributed by atoms with Crippen molar-refractivity contribution in [3.05, 3.63) is 49.6 Å². The van der Waals surface area contributed by atoms with E-state index in [9.17, 15) is 8.42 Å². The van der Waals surface area contributed by atoms with Gasteiger partial charge in [0, 0.05) is 20.8 Å². The molecular weight excluding hydrogens is 358 g/mol. The van der Waals surface area contributed by atoms with Gasteiger partial charge in [-0.3, -0.25) is 0 Å². The molecule has 20 heavy (non-hydrogen) atoms. The minimum Gasteiger partial charge on any atom is -0.207 e. The first-order valence-corrected chi connectivity index (χ1v) is 9.20. The highest BCUT2D eigenvalue weighted by molar-refractivity contribution is 9.10. The van der Waals surface area contributed by atoms with Crippen LogP contribution in [0.5, 0.6) is 0 Å². The fraction of sp³-hybridized carbons (Fsp3) is 0.286. The maximum absolute atomic E-state index is 12.3. The summed E-state index contributed by atoms with van der Waals surface area (Å²) in [5, 5.41) is 0. The molecule has 0 spiro atoms. The van der Waals surface area contributed by atoms with E-state index >= 15 is 0 Å². The van der Waals surface area contributed by atoms with E-state index in [1.165, 1.54) is 10.4 Å². The summed E-state index contributed by atoms with van der Waals surface area (Å²) in [5.74, 6) is 0. The predicted octanol–water partition coefficient (Wildman–Crippen LogP) is 3.91. The zero-order valence-corrected chi connectivity index (χ0v) is 14.7. The van der Waals surface area contributed by atoms with Gasteiger partial charge in [0.15, 0.2) is 0 Å². The van der Waals surface area contributed by atoms with Gasteiger partial charge in [-0.25, -0.2) is 13.1 Å². The standard InChI is InChI=1S/C14H16BrNO2S2/c1-9-4-5-12(15)7-14(9)20(17,18)16-8-13-6-10(2)11(3)19-13/h4-7,16H,8H2,1-3H3. The summed E-state index contributed by atoms with van der Waals surface area (Å²) >= 11 is 4.93. The van der Waals surface area contributed by atoms with E-state index in [1.807, 2.05) is 26.0 Å². The summed E-state index contributed by atoms with van der Waals surface area (Å²) in [5.41, 5.74) is 1.93. The number of sulfonamides is 1. The molecular formula is C14H16BrNO2S2. The summed E-state index contributed by atoms with van der Waals surface area (Å²) in [6.45, 7) is 6.19. The van der Waals surface area contributed by atoms with Crippen molar-refractivity contribution in [2.45, 2.75) is 32.2 Å². The third-order valence-corrected chi connectivity index (χ3v) is 6.28. The van der Waals surface area contributed by atoms with Crippen LogP contribution >= 0.6 is 27.3 Å². The van der Waals surface area contributed by atoms with Crippen molar-refractivity contribution in [2.24, 2.45) is 0 Å². The molecule has 0 bridgehead atoms. The predicted molar refractivity (Wildman–Crippen MR) is 86.7 cm³/mol. The molecule has 1 N–H and O–H groups in total. The van der Waals surface area contributed by atoms with Crippen LogP contribution in [0.1, 0.15) is 20.9 Å². The Morgan fingerprint density at radius 3 is 2.45 bits per heavy atom. The lowest BCUT2D eigenvalue weighted by atomic mass is 10.2. The number of rotatable bonds is 4. The van der Waals surface area contributed by atoms with Gasteiger partial charge in [0.25, 0.3) is 0 Å². The van der Waals surface area contributed by atoms with Crippen molar-refractivity contribution in [1.82, 2.24) is 4.72 Å². The molecule has 0 amide bonds. The quantitative estimate of drug-likeness (QED) is 0.882. The molecule has 1 heterocycles. The maximum Gasteiger partial charge on any atom is 0.241 e. The second-order valence-electron chi connectivity index (χ2n) is 4.69. The van der Waals surface area contributed by atoms with E-state index in [0.29, 0.717) is 11.4 Å². The van der Waals surface area contributed by atoms with Crippen LogP contribution in [0.4, 0.5) is 0 Å². The largest absolute Gasteiger partial charge is 0.241 e. The first kappa shape index (κ1) is 15.7. The lowest BCUT2D eigenvalue weighted by Gasteiger charge is -2.09. The molecule has 1 aromatic carbocycles.